The minimum Gasteiger partial charge on any atom is -0.492 e. The Labute approximate surface area is 189 Å². The number of benzene rings is 2. The SMILES string of the molecule is C=Cc1cc(C#Cc2ccc(-c3ccc(Cl)cc3)cn2)ccc1OCCN1CCCC1. The van der Waals surface area contributed by atoms with E-state index >= 15 is 0 Å². The normalized spacial score (nSPS) is 13.5. The summed E-state index contributed by atoms with van der Waals surface area (Å²) in [6, 6.07) is 17.6. The molecule has 0 bridgehead atoms. The van der Waals surface area contributed by atoms with Crippen molar-refractivity contribution in [2.24, 2.45) is 0 Å². The first-order chi connectivity index (χ1) is 15.2. The zero-order valence-corrected chi connectivity index (χ0v) is 18.2. The molecule has 0 N–H and O–H groups in total. The smallest absolute Gasteiger partial charge is 0.126 e. The Morgan fingerprint density at radius 3 is 2.48 bits per heavy atom. The van der Waals surface area contributed by atoms with Crippen LogP contribution < -0.4 is 4.74 Å². The van der Waals surface area contributed by atoms with Gasteiger partial charge < -0.3 is 4.74 Å². The number of rotatable bonds is 6. The van der Waals surface area contributed by atoms with Crippen LogP contribution in [0.4, 0.5) is 0 Å². The molecule has 3 aromatic rings. The van der Waals surface area contributed by atoms with E-state index in [0.29, 0.717) is 6.61 Å². The molecule has 31 heavy (non-hydrogen) atoms. The first kappa shape index (κ1) is 21.2. The molecule has 0 unspecified atom stereocenters. The highest BCUT2D eigenvalue weighted by Gasteiger charge is 2.11. The van der Waals surface area contributed by atoms with Crippen molar-refractivity contribution < 1.29 is 4.74 Å². The highest BCUT2D eigenvalue weighted by Crippen LogP contribution is 2.22. The van der Waals surface area contributed by atoms with Crippen LogP contribution in [0.5, 0.6) is 5.75 Å². The summed E-state index contributed by atoms with van der Waals surface area (Å²) >= 11 is 5.96. The van der Waals surface area contributed by atoms with Crippen molar-refractivity contribution in [2.75, 3.05) is 26.2 Å². The van der Waals surface area contributed by atoms with E-state index < -0.39 is 0 Å². The Balaban J connectivity index is 1.41. The Kier molecular flexibility index (Phi) is 7.04. The van der Waals surface area contributed by atoms with E-state index in [2.05, 4.69) is 28.3 Å². The summed E-state index contributed by atoms with van der Waals surface area (Å²) in [7, 11) is 0. The van der Waals surface area contributed by atoms with Crippen molar-refractivity contribution in [2.45, 2.75) is 12.8 Å². The summed E-state index contributed by atoms with van der Waals surface area (Å²) in [4.78, 5) is 6.92. The summed E-state index contributed by atoms with van der Waals surface area (Å²) in [5.41, 5.74) is 4.70. The Morgan fingerprint density at radius 1 is 1.00 bits per heavy atom. The molecule has 0 saturated carbocycles. The number of halogens is 1. The molecule has 1 aromatic heterocycles. The number of hydrogen-bond acceptors (Lipinski definition) is 3. The molecule has 1 aliphatic heterocycles. The second kappa shape index (κ2) is 10.3. The maximum Gasteiger partial charge on any atom is 0.126 e. The number of hydrogen-bond donors (Lipinski definition) is 0. The quantitative estimate of drug-likeness (QED) is 0.456. The first-order valence-corrected chi connectivity index (χ1v) is 10.9. The molecule has 1 aliphatic rings. The van der Waals surface area contributed by atoms with Gasteiger partial charge in [0, 0.05) is 34.5 Å². The molecule has 156 valence electrons. The Hall–Kier alpha value is -3.06. The van der Waals surface area contributed by atoms with Crippen LogP contribution in [0.25, 0.3) is 17.2 Å². The number of aromatic nitrogens is 1. The molecular formula is C27H25ClN2O. The summed E-state index contributed by atoms with van der Waals surface area (Å²) in [6.45, 7) is 7.94. The Bertz CT molecular complexity index is 1090. The van der Waals surface area contributed by atoms with E-state index in [1.165, 1.54) is 25.9 Å². The number of ether oxygens (including phenoxy) is 1. The molecule has 2 heterocycles. The summed E-state index contributed by atoms with van der Waals surface area (Å²) in [5.74, 6) is 7.18. The maximum absolute atomic E-state index is 5.99. The van der Waals surface area contributed by atoms with Gasteiger partial charge in [-0.15, -0.1) is 0 Å². The minimum absolute atomic E-state index is 0.690. The van der Waals surface area contributed by atoms with Crippen LogP contribution in [0.1, 0.15) is 29.7 Å². The molecule has 3 nitrogen and oxygen atoms in total. The summed E-state index contributed by atoms with van der Waals surface area (Å²) in [5, 5.41) is 0.723. The van der Waals surface area contributed by atoms with Gasteiger partial charge in [0.15, 0.2) is 0 Å². The molecule has 0 aliphatic carbocycles. The monoisotopic (exact) mass is 428 g/mol. The lowest BCUT2D eigenvalue weighted by atomic mass is 10.1. The van der Waals surface area contributed by atoms with Crippen molar-refractivity contribution in [3.8, 4) is 28.7 Å². The lowest BCUT2D eigenvalue weighted by Crippen LogP contribution is -2.25. The van der Waals surface area contributed by atoms with E-state index in [4.69, 9.17) is 16.3 Å². The fraction of sp³-hybridized carbons (Fsp3) is 0.222. The molecule has 4 rings (SSSR count). The van der Waals surface area contributed by atoms with E-state index in [9.17, 15) is 0 Å². The number of likely N-dealkylation sites (tertiary alicyclic amines) is 1. The van der Waals surface area contributed by atoms with Crippen LogP contribution in [0.2, 0.25) is 5.02 Å². The van der Waals surface area contributed by atoms with Gasteiger partial charge in [-0.3, -0.25) is 4.90 Å². The van der Waals surface area contributed by atoms with Crippen molar-refractivity contribution >= 4 is 17.7 Å². The lowest BCUT2D eigenvalue weighted by Gasteiger charge is -2.16. The van der Waals surface area contributed by atoms with Crippen LogP contribution in [0.3, 0.4) is 0 Å². The zero-order valence-electron chi connectivity index (χ0n) is 17.5. The third-order valence-corrected chi connectivity index (χ3v) is 5.62. The molecule has 4 heteroatoms. The van der Waals surface area contributed by atoms with Crippen LogP contribution in [0, 0.1) is 11.8 Å². The lowest BCUT2D eigenvalue weighted by molar-refractivity contribution is 0.237. The largest absolute Gasteiger partial charge is 0.492 e. The van der Waals surface area contributed by atoms with Crippen LogP contribution in [-0.4, -0.2) is 36.1 Å². The van der Waals surface area contributed by atoms with Gasteiger partial charge in [0.25, 0.3) is 0 Å². The highest BCUT2D eigenvalue weighted by atomic mass is 35.5. The topological polar surface area (TPSA) is 25.4 Å². The van der Waals surface area contributed by atoms with Gasteiger partial charge in [-0.1, -0.05) is 48.4 Å². The average Bonchev–Trinajstić information content (AvgIpc) is 3.33. The predicted molar refractivity (Wildman–Crippen MR) is 128 cm³/mol. The van der Waals surface area contributed by atoms with Gasteiger partial charge in [0.1, 0.15) is 18.1 Å². The first-order valence-electron chi connectivity index (χ1n) is 10.6. The van der Waals surface area contributed by atoms with Crippen LogP contribution in [0.15, 0.2) is 67.4 Å². The summed E-state index contributed by atoms with van der Waals surface area (Å²) in [6.07, 6.45) is 6.24. The van der Waals surface area contributed by atoms with Crippen LogP contribution in [-0.2, 0) is 0 Å². The molecule has 1 fully saturated rings. The fourth-order valence-corrected chi connectivity index (χ4v) is 3.75. The van der Waals surface area contributed by atoms with Gasteiger partial charge in [-0.05, 0) is 73.8 Å². The number of nitrogens with zero attached hydrogens (tertiary/aromatic N) is 2. The Morgan fingerprint density at radius 2 is 1.77 bits per heavy atom. The van der Waals surface area contributed by atoms with Crippen molar-refractivity contribution in [1.82, 2.24) is 9.88 Å². The second-order valence-corrected chi connectivity index (χ2v) is 7.98. The third-order valence-electron chi connectivity index (χ3n) is 5.37. The van der Waals surface area contributed by atoms with Crippen LogP contribution >= 0.6 is 11.6 Å². The van der Waals surface area contributed by atoms with E-state index in [1.54, 1.807) is 0 Å². The van der Waals surface area contributed by atoms with Gasteiger partial charge in [0.05, 0.1) is 0 Å². The maximum atomic E-state index is 5.99. The average molecular weight is 429 g/mol. The van der Waals surface area contributed by atoms with Crippen molar-refractivity contribution in [3.05, 3.63) is 89.2 Å². The van der Waals surface area contributed by atoms with E-state index in [0.717, 1.165) is 45.3 Å². The highest BCUT2D eigenvalue weighted by molar-refractivity contribution is 6.30. The standard InChI is InChI=1S/C27H25ClN2O/c1-2-22-19-21(6-14-27(22)31-18-17-30-15-3-4-16-30)5-12-26-13-9-24(20-29-26)23-7-10-25(28)11-8-23/h2,6-11,13-14,19-20H,1,3-4,15-18H2. The van der Waals surface area contributed by atoms with E-state index in [-0.39, 0.29) is 0 Å². The van der Waals surface area contributed by atoms with Gasteiger partial charge >= 0.3 is 0 Å². The summed E-state index contributed by atoms with van der Waals surface area (Å²) < 4.78 is 5.99. The van der Waals surface area contributed by atoms with Crippen molar-refractivity contribution in [3.63, 3.8) is 0 Å². The zero-order chi connectivity index (χ0) is 21.5. The number of pyridine rings is 1. The third kappa shape index (κ3) is 5.76. The molecule has 0 spiro atoms. The molecular weight excluding hydrogens is 404 g/mol. The molecule has 0 amide bonds. The fourth-order valence-electron chi connectivity index (χ4n) is 3.63. The molecule has 2 aromatic carbocycles. The molecule has 0 radical (unpaired) electrons. The molecule has 1 saturated heterocycles. The van der Waals surface area contributed by atoms with Crippen molar-refractivity contribution in [1.29, 1.82) is 0 Å². The van der Waals surface area contributed by atoms with Gasteiger partial charge in [-0.25, -0.2) is 4.98 Å². The second-order valence-electron chi connectivity index (χ2n) is 7.54. The van der Waals surface area contributed by atoms with Gasteiger partial charge in [-0.2, -0.15) is 0 Å². The predicted octanol–water partition coefficient (Wildman–Crippen LogP) is 5.92. The molecule has 0 atom stereocenters. The van der Waals surface area contributed by atoms with Gasteiger partial charge in [0.2, 0.25) is 0 Å². The van der Waals surface area contributed by atoms with E-state index in [1.807, 2.05) is 66.9 Å². The minimum atomic E-state index is 0.690.